The Hall–Kier alpha value is -1.46. The maximum absolute atomic E-state index is 5.21. The molecule has 0 saturated heterocycles. The Morgan fingerprint density at radius 3 is 2.62 bits per heavy atom. The van der Waals surface area contributed by atoms with Gasteiger partial charge >= 0.3 is 0 Å². The highest BCUT2D eigenvalue weighted by Gasteiger charge is 2.29. The van der Waals surface area contributed by atoms with E-state index in [1.54, 1.807) is 7.11 Å². The quantitative estimate of drug-likeness (QED) is 0.777. The molecule has 16 heavy (non-hydrogen) atoms. The summed E-state index contributed by atoms with van der Waals surface area (Å²) in [7, 11) is 1.69. The van der Waals surface area contributed by atoms with Gasteiger partial charge < -0.3 is 10.1 Å². The first-order chi connectivity index (χ1) is 7.83. The zero-order valence-corrected chi connectivity index (χ0v) is 9.57. The standard InChI is InChI=1S/C14H17NO/c1-3-8-15-13-9-12(10-13)11-4-6-14(16-2)7-5-11/h1,4-7,12-13,15H,8-10H2,2H3. The SMILES string of the molecule is C#CCNC1CC(c2ccc(OC)cc2)C1. The lowest BCUT2D eigenvalue weighted by Crippen LogP contribution is -2.40. The Balaban J connectivity index is 1.84. The van der Waals surface area contributed by atoms with Gasteiger partial charge in [-0.15, -0.1) is 6.42 Å². The van der Waals surface area contributed by atoms with Crippen LogP contribution in [-0.2, 0) is 0 Å². The van der Waals surface area contributed by atoms with E-state index in [9.17, 15) is 0 Å². The summed E-state index contributed by atoms with van der Waals surface area (Å²) >= 11 is 0. The first-order valence-electron chi connectivity index (χ1n) is 5.64. The zero-order chi connectivity index (χ0) is 11.4. The van der Waals surface area contributed by atoms with Crippen LogP contribution in [0.4, 0.5) is 0 Å². The molecule has 2 nitrogen and oxygen atoms in total. The van der Waals surface area contributed by atoms with Gasteiger partial charge in [0.1, 0.15) is 5.75 Å². The first-order valence-corrected chi connectivity index (χ1v) is 5.64. The lowest BCUT2D eigenvalue weighted by molar-refractivity contribution is 0.300. The van der Waals surface area contributed by atoms with E-state index in [1.807, 2.05) is 12.1 Å². The Morgan fingerprint density at radius 1 is 1.38 bits per heavy atom. The molecular formula is C14H17NO. The van der Waals surface area contributed by atoms with Crippen LogP contribution in [0.5, 0.6) is 5.75 Å². The number of ether oxygens (including phenoxy) is 1. The predicted molar refractivity (Wildman–Crippen MR) is 65.6 cm³/mol. The van der Waals surface area contributed by atoms with Crippen molar-refractivity contribution in [2.45, 2.75) is 24.8 Å². The van der Waals surface area contributed by atoms with E-state index in [1.165, 1.54) is 18.4 Å². The van der Waals surface area contributed by atoms with Crippen LogP contribution in [0, 0.1) is 12.3 Å². The third-order valence-corrected chi connectivity index (χ3v) is 3.22. The molecule has 1 aromatic carbocycles. The lowest BCUT2D eigenvalue weighted by atomic mass is 9.76. The maximum atomic E-state index is 5.21. The molecule has 1 aliphatic carbocycles. The Kier molecular flexibility index (Phi) is 3.48. The Labute approximate surface area is 97.0 Å². The van der Waals surface area contributed by atoms with Gasteiger partial charge in [0, 0.05) is 6.04 Å². The Morgan fingerprint density at radius 2 is 2.06 bits per heavy atom. The van der Waals surface area contributed by atoms with E-state index in [0.29, 0.717) is 18.5 Å². The number of hydrogen-bond donors (Lipinski definition) is 1. The van der Waals surface area contributed by atoms with Gasteiger partial charge in [-0.2, -0.15) is 0 Å². The number of hydrogen-bond acceptors (Lipinski definition) is 2. The smallest absolute Gasteiger partial charge is 0.118 e. The van der Waals surface area contributed by atoms with Crippen LogP contribution in [0.3, 0.4) is 0 Å². The monoisotopic (exact) mass is 215 g/mol. The van der Waals surface area contributed by atoms with E-state index in [4.69, 9.17) is 11.2 Å². The minimum atomic E-state index is 0.600. The van der Waals surface area contributed by atoms with Crippen molar-refractivity contribution in [1.29, 1.82) is 0 Å². The average molecular weight is 215 g/mol. The van der Waals surface area contributed by atoms with Crippen LogP contribution in [-0.4, -0.2) is 19.7 Å². The molecule has 0 aliphatic heterocycles. The molecule has 0 amide bonds. The van der Waals surface area contributed by atoms with Gasteiger partial charge in [-0.1, -0.05) is 18.1 Å². The second-order valence-electron chi connectivity index (χ2n) is 4.22. The molecule has 1 N–H and O–H groups in total. The van der Waals surface area contributed by atoms with Gasteiger partial charge in [0.25, 0.3) is 0 Å². The van der Waals surface area contributed by atoms with Crippen molar-refractivity contribution < 1.29 is 4.74 Å². The van der Waals surface area contributed by atoms with Crippen molar-refractivity contribution in [2.75, 3.05) is 13.7 Å². The molecule has 2 heteroatoms. The molecule has 0 unspecified atom stereocenters. The topological polar surface area (TPSA) is 21.3 Å². The predicted octanol–water partition coefficient (Wildman–Crippen LogP) is 2.16. The minimum Gasteiger partial charge on any atom is -0.497 e. The van der Waals surface area contributed by atoms with Gasteiger partial charge in [0.05, 0.1) is 13.7 Å². The van der Waals surface area contributed by atoms with Crippen molar-refractivity contribution in [1.82, 2.24) is 5.32 Å². The van der Waals surface area contributed by atoms with Gasteiger partial charge in [0.2, 0.25) is 0 Å². The van der Waals surface area contributed by atoms with Crippen molar-refractivity contribution in [3.05, 3.63) is 29.8 Å². The first kappa shape index (κ1) is 11.0. The molecule has 1 aromatic rings. The number of rotatable bonds is 4. The lowest BCUT2D eigenvalue weighted by Gasteiger charge is -2.36. The molecule has 0 aromatic heterocycles. The fourth-order valence-corrected chi connectivity index (χ4v) is 2.14. The van der Waals surface area contributed by atoms with Crippen molar-refractivity contribution in [3.63, 3.8) is 0 Å². The summed E-state index contributed by atoms with van der Waals surface area (Å²) in [5.74, 6) is 4.21. The maximum Gasteiger partial charge on any atom is 0.118 e. The molecule has 2 rings (SSSR count). The van der Waals surface area contributed by atoms with E-state index < -0.39 is 0 Å². The van der Waals surface area contributed by atoms with Crippen molar-refractivity contribution >= 4 is 0 Å². The number of methoxy groups -OCH3 is 1. The second kappa shape index (κ2) is 5.05. The second-order valence-corrected chi connectivity index (χ2v) is 4.22. The highest BCUT2D eigenvalue weighted by atomic mass is 16.5. The van der Waals surface area contributed by atoms with Crippen LogP contribution in [0.1, 0.15) is 24.3 Å². The van der Waals surface area contributed by atoms with Crippen LogP contribution >= 0.6 is 0 Å². The van der Waals surface area contributed by atoms with E-state index >= 15 is 0 Å². The highest BCUT2D eigenvalue weighted by molar-refractivity contribution is 5.30. The summed E-state index contributed by atoms with van der Waals surface area (Å²) in [6.45, 7) is 0.681. The van der Waals surface area contributed by atoms with Crippen LogP contribution < -0.4 is 10.1 Å². The van der Waals surface area contributed by atoms with Crippen molar-refractivity contribution in [2.24, 2.45) is 0 Å². The molecule has 1 fully saturated rings. The zero-order valence-electron chi connectivity index (χ0n) is 9.57. The van der Waals surface area contributed by atoms with E-state index in [2.05, 4.69) is 23.4 Å². The van der Waals surface area contributed by atoms with Crippen molar-refractivity contribution in [3.8, 4) is 18.1 Å². The summed E-state index contributed by atoms with van der Waals surface area (Å²) in [6, 6.07) is 8.96. The Bertz CT molecular complexity index is 371. The molecule has 0 atom stereocenters. The molecule has 1 aliphatic rings. The summed E-state index contributed by atoms with van der Waals surface area (Å²) in [6.07, 6.45) is 7.58. The molecule has 0 spiro atoms. The summed E-state index contributed by atoms with van der Waals surface area (Å²) in [4.78, 5) is 0. The minimum absolute atomic E-state index is 0.600. The van der Waals surface area contributed by atoms with Gasteiger partial charge in [-0.3, -0.25) is 0 Å². The van der Waals surface area contributed by atoms with Crippen LogP contribution in [0.15, 0.2) is 24.3 Å². The molecule has 1 saturated carbocycles. The van der Waals surface area contributed by atoms with E-state index in [-0.39, 0.29) is 0 Å². The van der Waals surface area contributed by atoms with Gasteiger partial charge in [-0.05, 0) is 36.5 Å². The third kappa shape index (κ3) is 2.37. The summed E-state index contributed by atoms with van der Waals surface area (Å²) < 4.78 is 5.14. The average Bonchev–Trinajstić information content (AvgIpc) is 2.28. The molecule has 0 heterocycles. The fraction of sp³-hybridized carbons (Fsp3) is 0.429. The third-order valence-electron chi connectivity index (χ3n) is 3.22. The highest BCUT2D eigenvalue weighted by Crippen LogP contribution is 2.37. The number of nitrogens with one attached hydrogen (secondary N) is 1. The van der Waals surface area contributed by atoms with E-state index in [0.717, 1.165) is 5.75 Å². The summed E-state index contributed by atoms with van der Waals surface area (Å²) in [5.41, 5.74) is 1.40. The molecule has 0 radical (unpaired) electrons. The van der Waals surface area contributed by atoms with Crippen LogP contribution in [0.25, 0.3) is 0 Å². The summed E-state index contributed by atoms with van der Waals surface area (Å²) in [5, 5.41) is 3.33. The number of terminal acetylenes is 1. The largest absolute Gasteiger partial charge is 0.497 e. The molecule has 84 valence electrons. The normalized spacial score (nSPS) is 23.2. The van der Waals surface area contributed by atoms with Gasteiger partial charge in [-0.25, -0.2) is 0 Å². The van der Waals surface area contributed by atoms with Gasteiger partial charge in [0.15, 0.2) is 0 Å². The molecule has 0 bridgehead atoms. The van der Waals surface area contributed by atoms with Crippen LogP contribution in [0.2, 0.25) is 0 Å². The number of benzene rings is 1. The fourth-order valence-electron chi connectivity index (χ4n) is 2.14. The molecular weight excluding hydrogens is 198 g/mol.